The van der Waals surface area contributed by atoms with Gasteiger partial charge in [0.2, 0.25) is 5.91 Å². The minimum atomic E-state index is -0.355. The normalized spacial score (nSPS) is 16.5. The molecule has 1 fully saturated rings. The van der Waals surface area contributed by atoms with E-state index in [1.807, 2.05) is 24.4 Å². The van der Waals surface area contributed by atoms with E-state index in [2.05, 4.69) is 27.8 Å². The average Bonchev–Trinajstić information content (AvgIpc) is 3.46. The summed E-state index contributed by atoms with van der Waals surface area (Å²) >= 11 is 4.79. The fraction of sp³-hybridized carbons (Fsp3) is 0.350. The zero-order valence-corrected chi connectivity index (χ0v) is 18.0. The van der Waals surface area contributed by atoms with Gasteiger partial charge in [-0.15, -0.1) is 34.0 Å². The van der Waals surface area contributed by atoms with Gasteiger partial charge in [-0.25, -0.2) is 4.98 Å². The second-order valence-electron chi connectivity index (χ2n) is 6.69. The summed E-state index contributed by atoms with van der Waals surface area (Å²) in [4.78, 5) is 34.6. The Labute approximate surface area is 176 Å². The van der Waals surface area contributed by atoms with Crippen molar-refractivity contribution < 1.29 is 9.59 Å². The summed E-state index contributed by atoms with van der Waals surface area (Å²) in [5.41, 5.74) is 1.02. The van der Waals surface area contributed by atoms with E-state index in [9.17, 15) is 9.59 Å². The molecule has 0 saturated carbocycles. The summed E-state index contributed by atoms with van der Waals surface area (Å²) in [5, 5.41) is 8.05. The number of nitrogens with one attached hydrogen (secondary N) is 1. The largest absolute Gasteiger partial charge is 0.354 e. The first-order valence-corrected chi connectivity index (χ1v) is 11.8. The van der Waals surface area contributed by atoms with Gasteiger partial charge in [-0.1, -0.05) is 6.07 Å². The highest BCUT2D eigenvalue weighted by Crippen LogP contribution is 2.29. The van der Waals surface area contributed by atoms with E-state index >= 15 is 0 Å². The molecule has 1 N–H and O–H groups in total. The maximum absolute atomic E-state index is 12.6. The maximum Gasteiger partial charge on any atom is 0.264 e. The van der Waals surface area contributed by atoms with Gasteiger partial charge in [0.25, 0.3) is 5.91 Å². The molecule has 1 aliphatic rings. The van der Waals surface area contributed by atoms with Gasteiger partial charge in [-0.2, -0.15) is 0 Å². The average molecular weight is 432 g/mol. The van der Waals surface area contributed by atoms with Crippen molar-refractivity contribution in [3.05, 3.63) is 49.8 Å². The van der Waals surface area contributed by atoms with Crippen LogP contribution in [0.3, 0.4) is 0 Å². The van der Waals surface area contributed by atoms with Gasteiger partial charge >= 0.3 is 0 Å². The van der Waals surface area contributed by atoms with Crippen LogP contribution in [0.15, 0.2) is 35.0 Å². The van der Waals surface area contributed by atoms with Gasteiger partial charge in [0, 0.05) is 23.3 Å². The first kappa shape index (κ1) is 19.3. The van der Waals surface area contributed by atoms with Crippen molar-refractivity contribution in [2.75, 3.05) is 13.1 Å². The predicted molar refractivity (Wildman–Crippen MR) is 115 cm³/mol. The van der Waals surface area contributed by atoms with E-state index in [1.165, 1.54) is 16.2 Å². The number of carbonyl (C=O) groups is 2. The van der Waals surface area contributed by atoms with Crippen molar-refractivity contribution in [2.45, 2.75) is 32.2 Å². The van der Waals surface area contributed by atoms with Gasteiger partial charge in [-0.05, 0) is 49.8 Å². The lowest BCUT2D eigenvalue weighted by Crippen LogP contribution is -2.46. The molecule has 0 aliphatic carbocycles. The molecule has 0 radical (unpaired) electrons. The lowest BCUT2D eigenvalue weighted by molar-refractivity contribution is -0.124. The lowest BCUT2D eigenvalue weighted by atomic mass is 10.2. The first-order chi connectivity index (χ1) is 13.6. The molecule has 1 saturated heterocycles. The fourth-order valence-corrected chi connectivity index (χ4v) is 5.71. The Balaban J connectivity index is 1.31. The number of likely N-dealkylation sites (tertiary alicyclic amines) is 1. The maximum atomic E-state index is 12.6. The van der Waals surface area contributed by atoms with Crippen LogP contribution in [0.25, 0.3) is 10.6 Å². The van der Waals surface area contributed by atoms with Gasteiger partial charge < -0.3 is 10.2 Å². The molecular weight excluding hydrogens is 410 g/mol. The van der Waals surface area contributed by atoms with Crippen LogP contribution in [0.2, 0.25) is 0 Å². The third-order valence-corrected chi connectivity index (χ3v) is 7.55. The Bertz CT molecular complexity index is 961. The molecule has 28 heavy (non-hydrogen) atoms. The van der Waals surface area contributed by atoms with Crippen molar-refractivity contribution in [3.63, 3.8) is 0 Å². The second-order valence-corrected chi connectivity index (χ2v) is 9.87. The molecule has 3 aromatic heterocycles. The zero-order valence-electron chi connectivity index (χ0n) is 15.5. The quantitative estimate of drug-likeness (QED) is 0.636. The summed E-state index contributed by atoms with van der Waals surface area (Å²) in [5.74, 6) is -0.0802. The summed E-state index contributed by atoms with van der Waals surface area (Å²) in [6.07, 6.45) is 2.39. The van der Waals surface area contributed by atoms with Crippen molar-refractivity contribution in [3.8, 4) is 10.6 Å². The Morgan fingerprint density at radius 3 is 2.93 bits per heavy atom. The van der Waals surface area contributed by atoms with Gasteiger partial charge in [-0.3, -0.25) is 9.59 Å². The van der Waals surface area contributed by atoms with Crippen LogP contribution in [0, 0.1) is 6.92 Å². The number of nitrogens with zero attached hydrogens (tertiary/aromatic N) is 2. The molecule has 4 heterocycles. The summed E-state index contributed by atoms with van der Waals surface area (Å²) in [6, 6.07) is 7.52. The molecule has 0 unspecified atom stereocenters. The summed E-state index contributed by atoms with van der Waals surface area (Å²) < 4.78 is 0. The second kappa shape index (κ2) is 8.55. The van der Waals surface area contributed by atoms with Gasteiger partial charge in [0.15, 0.2) is 0 Å². The molecule has 4 rings (SSSR count). The Kier molecular flexibility index (Phi) is 5.89. The number of aromatic nitrogens is 1. The van der Waals surface area contributed by atoms with Crippen molar-refractivity contribution in [2.24, 2.45) is 0 Å². The van der Waals surface area contributed by atoms with Crippen LogP contribution in [-0.4, -0.2) is 40.8 Å². The Hall–Kier alpha value is -2.03. The summed E-state index contributed by atoms with van der Waals surface area (Å²) in [6.45, 7) is 3.23. The van der Waals surface area contributed by atoms with E-state index in [4.69, 9.17) is 0 Å². The standard InChI is InChI=1S/C20H21N3O2S3/c1-13-22-15(12-27-13)17-7-6-14(28-17)8-9-21-19(24)16-4-2-10-23(16)20(25)18-5-3-11-26-18/h3,5-7,11-12,16H,2,4,8-10H2,1H3,(H,21,24)/t16-/m0/s1. The van der Waals surface area contributed by atoms with Crippen LogP contribution in [-0.2, 0) is 11.2 Å². The van der Waals surface area contributed by atoms with E-state index in [-0.39, 0.29) is 17.9 Å². The number of hydrogen-bond acceptors (Lipinski definition) is 6. The third kappa shape index (κ3) is 4.19. The van der Waals surface area contributed by atoms with E-state index in [1.54, 1.807) is 27.6 Å². The molecule has 0 aromatic carbocycles. The number of hydrogen-bond donors (Lipinski definition) is 1. The van der Waals surface area contributed by atoms with Crippen LogP contribution in [0.4, 0.5) is 0 Å². The molecule has 3 aromatic rings. The molecule has 1 atom stereocenters. The van der Waals surface area contributed by atoms with Crippen molar-refractivity contribution in [1.82, 2.24) is 15.2 Å². The van der Waals surface area contributed by atoms with E-state index in [0.29, 0.717) is 18.0 Å². The smallest absolute Gasteiger partial charge is 0.264 e. The molecule has 146 valence electrons. The first-order valence-electron chi connectivity index (χ1n) is 9.25. The van der Waals surface area contributed by atoms with Crippen LogP contribution < -0.4 is 5.32 Å². The number of aryl methyl sites for hydroxylation is 1. The molecule has 2 amide bonds. The predicted octanol–water partition coefficient (Wildman–Crippen LogP) is 4.21. The molecular formula is C20H21N3O2S3. The number of thiophene rings is 2. The molecule has 8 heteroatoms. The molecule has 0 spiro atoms. The fourth-order valence-electron chi connectivity index (χ4n) is 3.38. The number of amides is 2. The van der Waals surface area contributed by atoms with Crippen molar-refractivity contribution in [1.29, 1.82) is 0 Å². The highest BCUT2D eigenvalue weighted by atomic mass is 32.1. The number of carbonyl (C=O) groups excluding carboxylic acids is 2. The summed E-state index contributed by atoms with van der Waals surface area (Å²) in [7, 11) is 0. The molecule has 0 bridgehead atoms. The zero-order chi connectivity index (χ0) is 19.5. The number of rotatable bonds is 6. The Morgan fingerprint density at radius 2 is 2.18 bits per heavy atom. The SMILES string of the molecule is Cc1nc(-c2ccc(CCNC(=O)[C@@H]3CCCN3C(=O)c3cccs3)s2)cs1. The highest BCUT2D eigenvalue weighted by Gasteiger charge is 2.34. The van der Waals surface area contributed by atoms with E-state index < -0.39 is 0 Å². The Morgan fingerprint density at radius 1 is 1.29 bits per heavy atom. The minimum Gasteiger partial charge on any atom is -0.354 e. The van der Waals surface area contributed by atoms with Crippen LogP contribution in [0.5, 0.6) is 0 Å². The molecule has 5 nitrogen and oxygen atoms in total. The van der Waals surface area contributed by atoms with Crippen molar-refractivity contribution >= 4 is 45.8 Å². The minimum absolute atomic E-state index is 0.0332. The molecule has 1 aliphatic heterocycles. The van der Waals surface area contributed by atoms with Crippen LogP contribution in [0.1, 0.15) is 32.4 Å². The van der Waals surface area contributed by atoms with Crippen LogP contribution >= 0.6 is 34.0 Å². The monoisotopic (exact) mass is 431 g/mol. The number of thiazole rings is 1. The van der Waals surface area contributed by atoms with Gasteiger partial charge in [0.1, 0.15) is 6.04 Å². The topological polar surface area (TPSA) is 62.3 Å². The highest BCUT2D eigenvalue weighted by molar-refractivity contribution is 7.16. The van der Waals surface area contributed by atoms with Gasteiger partial charge in [0.05, 0.1) is 20.5 Å². The van der Waals surface area contributed by atoms with E-state index in [0.717, 1.165) is 34.8 Å². The lowest BCUT2D eigenvalue weighted by Gasteiger charge is -2.23. The third-order valence-electron chi connectivity index (χ3n) is 4.75.